The van der Waals surface area contributed by atoms with Crippen LogP contribution >= 0.6 is 11.3 Å². The van der Waals surface area contributed by atoms with Crippen molar-refractivity contribution in [3.63, 3.8) is 0 Å². The molecule has 32 heavy (non-hydrogen) atoms. The largest absolute Gasteiger partial charge is 0.464 e. The van der Waals surface area contributed by atoms with E-state index in [0.29, 0.717) is 15.9 Å². The lowest BCUT2D eigenvalue weighted by Gasteiger charge is -2.10. The highest BCUT2D eigenvalue weighted by atomic mass is 32.1. The Bertz CT molecular complexity index is 1310. The predicted molar refractivity (Wildman–Crippen MR) is 108 cm³/mol. The fourth-order valence-electron chi connectivity index (χ4n) is 2.95. The summed E-state index contributed by atoms with van der Waals surface area (Å²) >= 11 is 1.24. The molecule has 166 valence electrons. The smallest absolute Gasteiger partial charge is 0.433 e. The highest BCUT2D eigenvalue weighted by Gasteiger charge is 2.36. The zero-order valence-electron chi connectivity index (χ0n) is 16.7. The first-order valence-corrected chi connectivity index (χ1v) is 10.1. The van der Waals surface area contributed by atoms with Crippen LogP contribution in [-0.4, -0.2) is 43.4 Å². The Hall–Kier alpha value is -3.74. The summed E-state index contributed by atoms with van der Waals surface area (Å²) in [6.07, 6.45) is -3.32. The summed E-state index contributed by atoms with van der Waals surface area (Å²) in [5, 5.41) is 12.0. The van der Waals surface area contributed by atoms with Gasteiger partial charge in [-0.1, -0.05) is 6.07 Å². The third-order valence-corrected chi connectivity index (χ3v) is 5.33. The van der Waals surface area contributed by atoms with E-state index in [1.54, 1.807) is 24.4 Å². The Labute approximate surface area is 182 Å². The van der Waals surface area contributed by atoms with E-state index in [-0.39, 0.29) is 28.4 Å². The number of hydrogen-bond acceptors (Lipinski definition) is 7. The van der Waals surface area contributed by atoms with Gasteiger partial charge in [0.1, 0.15) is 0 Å². The number of aromatic nitrogens is 5. The van der Waals surface area contributed by atoms with Gasteiger partial charge >= 0.3 is 12.1 Å². The normalized spacial score (nSPS) is 11.7. The lowest BCUT2D eigenvalue weighted by molar-refractivity contribution is -0.142. The van der Waals surface area contributed by atoms with E-state index < -0.39 is 23.7 Å². The van der Waals surface area contributed by atoms with E-state index in [1.165, 1.54) is 22.2 Å². The number of anilines is 1. The number of fused-ring (bicyclic) bond motifs is 1. The standard InChI is InChI=1S/C19H15F3N6O3S/c1-3-27-9-12(16(26-27)18(30)31-2)24-17(29)11-8-15-23-10(13-5-4-6-32-13)7-14(19(20,21)22)28(15)25-11/h4-9H,3H2,1-2H3,(H,24,29). The van der Waals surface area contributed by atoms with E-state index >= 15 is 0 Å². The van der Waals surface area contributed by atoms with E-state index in [2.05, 4.69) is 25.2 Å². The molecule has 13 heteroatoms. The van der Waals surface area contributed by atoms with E-state index in [4.69, 9.17) is 0 Å². The van der Waals surface area contributed by atoms with Gasteiger partial charge in [0.05, 0.1) is 23.4 Å². The van der Waals surface area contributed by atoms with Crippen LogP contribution in [0.4, 0.5) is 18.9 Å². The van der Waals surface area contributed by atoms with Crippen LogP contribution in [0.5, 0.6) is 0 Å². The van der Waals surface area contributed by atoms with Gasteiger partial charge in [-0.3, -0.25) is 9.48 Å². The minimum atomic E-state index is -4.73. The Morgan fingerprint density at radius 1 is 1.25 bits per heavy atom. The molecule has 4 heterocycles. The SMILES string of the molecule is CCn1cc(NC(=O)c2cc3nc(-c4cccs4)cc(C(F)(F)F)n3n2)c(C(=O)OC)n1. The number of nitrogens with zero attached hydrogens (tertiary/aromatic N) is 5. The van der Waals surface area contributed by atoms with Crippen molar-refractivity contribution in [2.24, 2.45) is 0 Å². The Kier molecular flexibility index (Phi) is 5.42. The van der Waals surface area contributed by atoms with Crippen LogP contribution in [0.15, 0.2) is 35.8 Å². The number of nitrogens with one attached hydrogen (secondary N) is 1. The molecule has 0 unspecified atom stereocenters. The molecule has 0 radical (unpaired) electrons. The van der Waals surface area contributed by atoms with Crippen LogP contribution in [0, 0.1) is 0 Å². The van der Waals surface area contributed by atoms with Gasteiger partial charge in [0.25, 0.3) is 5.91 Å². The Balaban J connectivity index is 1.75. The molecule has 0 saturated heterocycles. The van der Waals surface area contributed by atoms with Gasteiger partial charge in [0.15, 0.2) is 22.7 Å². The maximum Gasteiger partial charge on any atom is 0.433 e. The highest BCUT2D eigenvalue weighted by Crippen LogP contribution is 2.33. The number of methoxy groups -OCH3 is 1. The summed E-state index contributed by atoms with van der Waals surface area (Å²) in [5.74, 6) is -1.61. The third-order valence-electron chi connectivity index (χ3n) is 4.44. The topological polar surface area (TPSA) is 103 Å². The van der Waals surface area contributed by atoms with Gasteiger partial charge in [-0.05, 0) is 24.4 Å². The second-order valence-corrected chi connectivity index (χ2v) is 7.44. The lowest BCUT2D eigenvalue weighted by Crippen LogP contribution is -2.16. The average Bonchev–Trinajstić information content (AvgIpc) is 3.50. The van der Waals surface area contributed by atoms with Crippen LogP contribution in [0.3, 0.4) is 0 Å². The monoisotopic (exact) mass is 464 g/mol. The van der Waals surface area contributed by atoms with Crippen molar-refractivity contribution in [3.05, 3.63) is 52.9 Å². The van der Waals surface area contributed by atoms with Gasteiger partial charge in [-0.15, -0.1) is 11.3 Å². The number of aryl methyl sites for hydroxylation is 1. The van der Waals surface area contributed by atoms with Crippen LogP contribution in [0.1, 0.15) is 33.6 Å². The molecule has 0 fully saturated rings. The fourth-order valence-corrected chi connectivity index (χ4v) is 3.63. The summed E-state index contributed by atoms with van der Waals surface area (Å²) in [6, 6.07) is 5.37. The molecule has 0 aromatic carbocycles. The van der Waals surface area contributed by atoms with Crippen LogP contribution in [0.2, 0.25) is 0 Å². The molecule has 0 bridgehead atoms. The summed E-state index contributed by atoms with van der Waals surface area (Å²) < 4.78 is 47.6. The summed E-state index contributed by atoms with van der Waals surface area (Å²) in [4.78, 5) is 29.4. The lowest BCUT2D eigenvalue weighted by atomic mass is 10.2. The minimum absolute atomic E-state index is 0.0454. The minimum Gasteiger partial charge on any atom is -0.464 e. The van der Waals surface area contributed by atoms with Gasteiger partial charge < -0.3 is 10.1 Å². The summed E-state index contributed by atoms with van der Waals surface area (Å²) in [6.45, 7) is 2.19. The number of hydrogen-bond donors (Lipinski definition) is 1. The van der Waals surface area contributed by atoms with E-state index in [1.807, 2.05) is 0 Å². The van der Waals surface area contributed by atoms with Gasteiger partial charge in [-0.2, -0.15) is 23.4 Å². The van der Waals surface area contributed by atoms with Crippen molar-refractivity contribution in [3.8, 4) is 10.6 Å². The number of thiophene rings is 1. The third kappa shape index (κ3) is 3.93. The maximum atomic E-state index is 13.7. The average molecular weight is 464 g/mol. The second-order valence-electron chi connectivity index (χ2n) is 6.49. The molecule has 0 aliphatic rings. The molecule has 4 aromatic heterocycles. The first kappa shape index (κ1) is 21.5. The first-order valence-electron chi connectivity index (χ1n) is 9.20. The van der Waals surface area contributed by atoms with Crippen LogP contribution in [-0.2, 0) is 17.5 Å². The fraction of sp³-hybridized carbons (Fsp3) is 0.211. The molecule has 9 nitrogen and oxygen atoms in total. The molecule has 0 atom stereocenters. The molecular weight excluding hydrogens is 449 g/mol. The molecular formula is C19H15F3N6O3S. The number of carbonyl (C=O) groups is 2. The van der Waals surface area contributed by atoms with Crippen LogP contribution in [0.25, 0.3) is 16.2 Å². The van der Waals surface area contributed by atoms with Gasteiger partial charge in [-0.25, -0.2) is 14.3 Å². The van der Waals surface area contributed by atoms with Gasteiger partial charge in [0, 0.05) is 18.8 Å². The van der Waals surface area contributed by atoms with Crippen molar-refractivity contribution in [1.29, 1.82) is 0 Å². The molecule has 1 amide bonds. The molecule has 4 rings (SSSR count). The number of esters is 1. The number of amides is 1. The van der Waals surface area contributed by atoms with Crippen LogP contribution < -0.4 is 5.32 Å². The molecule has 0 spiro atoms. The number of alkyl halides is 3. The Morgan fingerprint density at radius 3 is 2.66 bits per heavy atom. The number of rotatable bonds is 5. The number of carbonyl (C=O) groups excluding carboxylic acids is 2. The first-order chi connectivity index (χ1) is 15.2. The Morgan fingerprint density at radius 2 is 2.03 bits per heavy atom. The summed E-state index contributed by atoms with van der Waals surface area (Å²) in [7, 11) is 1.16. The van der Waals surface area contributed by atoms with Crippen molar-refractivity contribution in [2.75, 3.05) is 12.4 Å². The number of ether oxygens (including phenoxy) is 1. The second kappa shape index (κ2) is 8.07. The molecule has 0 aliphatic carbocycles. The van der Waals surface area contributed by atoms with Crippen molar-refractivity contribution < 1.29 is 27.5 Å². The number of halogens is 3. The maximum absolute atomic E-state index is 13.7. The van der Waals surface area contributed by atoms with E-state index in [0.717, 1.165) is 19.2 Å². The van der Waals surface area contributed by atoms with Gasteiger partial charge in [0.2, 0.25) is 0 Å². The quantitative estimate of drug-likeness (QED) is 0.452. The molecule has 4 aromatic rings. The van der Waals surface area contributed by atoms with E-state index in [9.17, 15) is 22.8 Å². The molecule has 0 saturated carbocycles. The van der Waals surface area contributed by atoms with Crippen molar-refractivity contribution in [1.82, 2.24) is 24.4 Å². The predicted octanol–water partition coefficient (Wildman–Crippen LogP) is 3.73. The molecule has 0 aliphatic heterocycles. The molecule has 1 N–H and O–H groups in total. The van der Waals surface area contributed by atoms with Crippen molar-refractivity contribution in [2.45, 2.75) is 19.6 Å². The zero-order valence-corrected chi connectivity index (χ0v) is 17.5. The summed E-state index contributed by atoms with van der Waals surface area (Å²) in [5.41, 5.74) is -1.51. The zero-order chi connectivity index (χ0) is 23.0. The highest BCUT2D eigenvalue weighted by molar-refractivity contribution is 7.13. The van der Waals surface area contributed by atoms with Crippen molar-refractivity contribution >= 4 is 34.5 Å².